The van der Waals surface area contributed by atoms with Crippen LogP contribution in [0.3, 0.4) is 0 Å². The normalized spacial score (nSPS) is 13.4. The minimum absolute atomic E-state index is 0.0183. The molecule has 0 aromatic heterocycles. The van der Waals surface area contributed by atoms with Crippen LogP contribution in [0.4, 0.5) is 17.1 Å². The van der Waals surface area contributed by atoms with E-state index >= 15 is 0 Å². The fraction of sp³-hybridized carbons (Fsp3) is 0.364. The summed E-state index contributed by atoms with van der Waals surface area (Å²) < 4.78 is 0. The van der Waals surface area contributed by atoms with E-state index in [0.717, 1.165) is 31.6 Å². The highest BCUT2D eigenvalue weighted by atomic mass is 16.6. The van der Waals surface area contributed by atoms with Crippen LogP contribution in [-0.4, -0.2) is 35.9 Å². The lowest BCUT2D eigenvalue weighted by atomic mass is 10.1. The van der Waals surface area contributed by atoms with E-state index in [1.165, 1.54) is 6.07 Å². The Balaban J connectivity index is 1.89. The predicted octanol–water partition coefficient (Wildman–Crippen LogP) is 3.89. The molecule has 0 bridgehead atoms. The molecule has 1 heterocycles. The van der Waals surface area contributed by atoms with E-state index in [-0.39, 0.29) is 23.2 Å². The van der Waals surface area contributed by atoms with Crippen molar-refractivity contribution in [3.05, 3.63) is 63.2 Å². The smallest absolute Gasteiger partial charge is 0.273 e. The fourth-order valence-corrected chi connectivity index (χ4v) is 3.52. The zero-order chi connectivity index (χ0) is 21.8. The van der Waals surface area contributed by atoms with Crippen molar-refractivity contribution in [1.82, 2.24) is 5.32 Å². The van der Waals surface area contributed by atoms with E-state index < -0.39 is 10.8 Å². The molecule has 0 unspecified atom stereocenters. The molecule has 2 amide bonds. The summed E-state index contributed by atoms with van der Waals surface area (Å²) in [5.74, 6) is -0.670. The number of nitrogens with zero attached hydrogens (tertiary/aromatic N) is 2. The van der Waals surface area contributed by atoms with Crippen molar-refractivity contribution in [2.45, 2.75) is 39.7 Å². The quantitative estimate of drug-likeness (QED) is 0.555. The second-order valence-electron chi connectivity index (χ2n) is 7.77. The number of amides is 2. The number of nitrogens with one attached hydrogen (secondary N) is 2. The Morgan fingerprint density at radius 1 is 1.07 bits per heavy atom. The van der Waals surface area contributed by atoms with Crippen LogP contribution in [0.5, 0.6) is 0 Å². The van der Waals surface area contributed by atoms with Gasteiger partial charge in [-0.1, -0.05) is 6.07 Å². The van der Waals surface area contributed by atoms with Crippen LogP contribution in [0, 0.1) is 17.0 Å². The average molecular weight is 410 g/mol. The molecule has 1 aliphatic rings. The minimum atomic E-state index is -0.509. The molecule has 2 aromatic carbocycles. The standard InChI is InChI=1S/C22H26N4O4/c1-14(2)23-22(28)18-13-17(8-9-19(18)25-10-4-5-11-25)24-21(27)16-7-6-15(3)20(12-16)26(29)30/h6-9,12-14H,4-5,10-11H2,1-3H3,(H,23,28)(H,24,27). The largest absolute Gasteiger partial charge is 0.371 e. The van der Waals surface area contributed by atoms with Crippen molar-refractivity contribution in [1.29, 1.82) is 0 Å². The molecule has 0 spiro atoms. The molecule has 3 rings (SSSR count). The van der Waals surface area contributed by atoms with Gasteiger partial charge in [-0.3, -0.25) is 19.7 Å². The van der Waals surface area contributed by atoms with E-state index in [0.29, 0.717) is 16.8 Å². The lowest BCUT2D eigenvalue weighted by molar-refractivity contribution is -0.385. The van der Waals surface area contributed by atoms with Gasteiger partial charge in [-0.15, -0.1) is 0 Å². The van der Waals surface area contributed by atoms with Crippen molar-refractivity contribution in [3.8, 4) is 0 Å². The maximum Gasteiger partial charge on any atom is 0.273 e. The summed E-state index contributed by atoms with van der Waals surface area (Å²) >= 11 is 0. The monoisotopic (exact) mass is 410 g/mol. The molecular formula is C22H26N4O4. The molecule has 0 saturated carbocycles. The van der Waals surface area contributed by atoms with Gasteiger partial charge in [0.1, 0.15) is 0 Å². The molecular weight excluding hydrogens is 384 g/mol. The van der Waals surface area contributed by atoms with Gasteiger partial charge in [0.15, 0.2) is 0 Å². The number of anilines is 2. The van der Waals surface area contributed by atoms with E-state index in [1.807, 2.05) is 19.9 Å². The van der Waals surface area contributed by atoms with Gasteiger partial charge in [-0.2, -0.15) is 0 Å². The average Bonchev–Trinajstić information content (AvgIpc) is 3.22. The van der Waals surface area contributed by atoms with Crippen molar-refractivity contribution in [2.75, 3.05) is 23.3 Å². The van der Waals surface area contributed by atoms with Gasteiger partial charge in [0.05, 0.1) is 10.5 Å². The number of rotatable bonds is 6. The van der Waals surface area contributed by atoms with Gasteiger partial charge in [0.25, 0.3) is 17.5 Å². The highest BCUT2D eigenvalue weighted by Crippen LogP contribution is 2.28. The molecule has 1 fully saturated rings. The first kappa shape index (κ1) is 21.3. The highest BCUT2D eigenvalue weighted by molar-refractivity contribution is 6.06. The van der Waals surface area contributed by atoms with Crippen molar-refractivity contribution >= 4 is 28.9 Å². The second-order valence-corrected chi connectivity index (χ2v) is 7.77. The third kappa shape index (κ3) is 4.76. The predicted molar refractivity (Wildman–Crippen MR) is 116 cm³/mol. The Kier molecular flexibility index (Phi) is 6.34. The van der Waals surface area contributed by atoms with Crippen molar-refractivity contribution in [2.24, 2.45) is 0 Å². The molecule has 1 aliphatic heterocycles. The molecule has 30 heavy (non-hydrogen) atoms. The van der Waals surface area contributed by atoms with Crippen LogP contribution in [0.1, 0.15) is 53.0 Å². The molecule has 0 aliphatic carbocycles. The number of hydrogen-bond donors (Lipinski definition) is 2. The number of nitro benzene ring substituents is 1. The number of carbonyl (C=O) groups excluding carboxylic acids is 2. The molecule has 0 radical (unpaired) electrons. The molecule has 2 N–H and O–H groups in total. The third-order valence-electron chi connectivity index (χ3n) is 5.03. The summed E-state index contributed by atoms with van der Waals surface area (Å²) in [5.41, 5.74) is 2.36. The first-order valence-electron chi connectivity index (χ1n) is 10.0. The lowest BCUT2D eigenvalue weighted by Crippen LogP contribution is -2.32. The second kappa shape index (κ2) is 8.94. The Hall–Kier alpha value is -3.42. The number of aryl methyl sites for hydroxylation is 1. The summed E-state index contributed by atoms with van der Waals surface area (Å²) in [7, 11) is 0. The SMILES string of the molecule is Cc1ccc(C(=O)Nc2ccc(N3CCCC3)c(C(=O)NC(C)C)c2)cc1[N+](=O)[O-]. The summed E-state index contributed by atoms with van der Waals surface area (Å²) in [6.07, 6.45) is 2.16. The maximum atomic E-state index is 12.8. The fourth-order valence-electron chi connectivity index (χ4n) is 3.52. The Morgan fingerprint density at radius 2 is 1.77 bits per heavy atom. The zero-order valence-corrected chi connectivity index (χ0v) is 17.4. The van der Waals surface area contributed by atoms with Gasteiger partial charge in [-0.05, 0) is 57.9 Å². The van der Waals surface area contributed by atoms with Gasteiger partial charge >= 0.3 is 0 Å². The zero-order valence-electron chi connectivity index (χ0n) is 17.4. The molecule has 1 saturated heterocycles. The minimum Gasteiger partial charge on any atom is -0.371 e. The topological polar surface area (TPSA) is 105 Å². The number of hydrogen-bond acceptors (Lipinski definition) is 5. The maximum absolute atomic E-state index is 12.8. The van der Waals surface area contributed by atoms with Crippen molar-refractivity contribution < 1.29 is 14.5 Å². The van der Waals surface area contributed by atoms with E-state index in [9.17, 15) is 19.7 Å². The Bertz CT molecular complexity index is 981. The summed E-state index contributed by atoms with van der Waals surface area (Å²) in [6.45, 7) is 7.19. The van der Waals surface area contributed by atoms with Gasteiger partial charge in [-0.25, -0.2) is 0 Å². The van der Waals surface area contributed by atoms with Crippen molar-refractivity contribution in [3.63, 3.8) is 0 Å². The molecule has 8 heteroatoms. The molecule has 2 aromatic rings. The van der Waals surface area contributed by atoms with Crippen LogP contribution in [-0.2, 0) is 0 Å². The molecule has 0 atom stereocenters. The van der Waals surface area contributed by atoms with Gasteiger partial charge in [0, 0.05) is 47.7 Å². The van der Waals surface area contributed by atoms with E-state index in [1.54, 1.807) is 31.2 Å². The summed E-state index contributed by atoms with van der Waals surface area (Å²) in [6, 6.07) is 9.58. The summed E-state index contributed by atoms with van der Waals surface area (Å²) in [5, 5.41) is 16.8. The summed E-state index contributed by atoms with van der Waals surface area (Å²) in [4.78, 5) is 38.2. The number of carbonyl (C=O) groups is 2. The Morgan fingerprint density at radius 3 is 2.40 bits per heavy atom. The van der Waals surface area contributed by atoms with Crippen LogP contribution in [0.25, 0.3) is 0 Å². The lowest BCUT2D eigenvalue weighted by Gasteiger charge is -2.22. The van der Waals surface area contributed by atoms with Crippen LogP contribution < -0.4 is 15.5 Å². The van der Waals surface area contributed by atoms with Gasteiger partial charge in [0.2, 0.25) is 0 Å². The van der Waals surface area contributed by atoms with E-state index in [4.69, 9.17) is 0 Å². The highest BCUT2D eigenvalue weighted by Gasteiger charge is 2.21. The molecule has 8 nitrogen and oxygen atoms in total. The molecule has 158 valence electrons. The first-order valence-corrected chi connectivity index (χ1v) is 10.0. The number of benzene rings is 2. The van der Waals surface area contributed by atoms with Crippen LogP contribution >= 0.6 is 0 Å². The van der Waals surface area contributed by atoms with Crippen LogP contribution in [0.2, 0.25) is 0 Å². The van der Waals surface area contributed by atoms with E-state index in [2.05, 4.69) is 15.5 Å². The Labute approximate surface area is 175 Å². The third-order valence-corrected chi connectivity index (χ3v) is 5.03. The number of nitro groups is 1. The van der Waals surface area contributed by atoms with Crippen LogP contribution in [0.15, 0.2) is 36.4 Å². The van der Waals surface area contributed by atoms with Gasteiger partial charge < -0.3 is 15.5 Å². The first-order chi connectivity index (χ1) is 14.3.